The third-order valence-electron chi connectivity index (χ3n) is 10.4. The molecule has 0 aromatic carbocycles. The van der Waals surface area contributed by atoms with E-state index in [9.17, 15) is 50.0 Å². The van der Waals surface area contributed by atoms with Crippen LogP contribution in [0.2, 0.25) is 0 Å². The van der Waals surface area contributed by atoms with Gasteiger partial charge in [0.25, 0.3) is 0 Å². The number of nitrogens with one attached hydrogen (secondary N) is 1. The summed E-state index contributed by atoms with van der Waals surface area (Å²) in [6.07, 6.45) is 25.0. The molecule has 14 heteroatoms. The molecule has 9 N–H and O–H groups in total. The smallest absolute Gasteiger partial charge is 0.393 e. The van der Waals surface area contributed by atoms with Crippen molar-refractivity contribution in [3.63, 3.8) is 0 Å². The summed E-state index contributed by atoms with van der Waals surface area (Å²) in [5, 5.41) is 74.2. The predicted molar refractivity (Wildman–Crippen MR) is 229 cm³/mol. The Balaban J connectivity index is 2.65. The lowest BCUT2D eigenvalue weighted by Crippen LogP contribution is -2.64. The molecule has 1 fully saturated rings. The summed E-state index contributed by atoms with van der Waals surface area (Å²) in [5.41, 5.74) is 0. The molecule has 13 nitrogen and oxygen atoms in total. The number of aliphatic hydroxyl groups excluding tert-OH is 7. The zero-order valence-electron chi connectivity index (χ0n) is 35.4. The van der Waals surface area contributed by atoms with E-state index in [1.807, 2.05) is 0 Å². The van der Waals surface area contributed by atoms with E-state index in [2.05, 4.69) is 55.6 Å². The second-order valence-electron chi connectivity index (χ2n) is 15.7. The van der Waals surface area contributed by atoms with Gasteiger partial charge in [0.05, 0.1) is 31.3 Å². The second-order valence-corrected chi connectivity index (χ2v) is 17.1. The van der Waals surface area contributed by atoms with E-state index in [0.717, 1.165) is 38.5 Å². The maximum atomic E-state index is 12.9. The number of phosphoric acid groups is 1. The fraction of sp³-hybridized carbons (Fsp3) is 0.795. The Morgan fingerprint density at radius 3 is 1.52 bits per heavy atom. The molecule has 0 bridgehead atoms. The number of unbranched alkanes of at least 4 members (excludes halogenated alkanes) is 16. The van der Waals surface area contributed by atoms with Crippen molar-refractivity contribution in [1.82, 2.24) is 5.32 Å². The molecule has 8 atom stereocenters. The lowest BCUT2D eigenvalue weighted by atomic mass is 9.85. The Morgan fingerprint density at radius 1 is 0.603 bits per heavy atom. The molecular weight excluding hydrogens is 765 g/mol. The van der Waals surface area contributed by atoms with Gasteiger partial charge in [-0.15, -0.1) is 0 Å². The molecule has 1 rings (SSSR count). The van der Waals surface area contributed by atoms with Crippen LogP contribution in [-0.2, 0) is 18.4 Å². The van der Waals surface area contributed by atoms with Crippen LogP contribution in [0.3, 0.4) is 0 Å². The first-order valence-electron chi connectivity index (χ1n) is 22.2. The maximum absolute atomic E-state index is 12.9. The molecule has 1 aliphatic carbocycles. The summed E-state index contributed by atoms with van der Waals surface area (Å²) in [6.45, 7) is 3.67. The van der Waals surface area contributed by atoms with Crippen molar-refractivity contribution in [1.29, 1.82) is 0 Å². The van der Waals surface area contributed by atoms with Crippen LogP contribution in [0.25, 0.3) is 0 Å². The van der Waals surface area contributed by atoms with Gasteiger partial charge in [-0.05, 0) is 70.6 Å². The molecule has 0 aromatic heterocycles. The normalized spacial score (nSPS) is 24.2. The van der Waals surface area contributed by atoms with Crippen LogP contribution in [-0.4, -0.2) is 108 Å². The molecule has 0 aromatic rings. The largest absolute Gasteiger partial charge is 0.472 e. The lowest BCUT2D eigenvalue weighted by molar-refractivity contribution is -0.220. The van der Waals surface area contributed by atoms with Gasteiger partial charge in [-0.3, -0.25) is 13.8 Å². The van der Waals surface area contributed by atoms with Crippen molar-refractivity contribution in [2.24, 2.45) is 0 Å². The van der Waals surface area contributed by atoms with Crippen molar-refractivity contribution >= 4 is 13.7 Å². The van der Waals surface area contributed by atoms with Gasteiger partial charge < -0.3 is 46.0 Å². The first kappa shape index (κ1) is 54.3. The zero-order valence-corrected chi connectivity index (χ0v) is 36.3. The number of carbonyl (C=O) groups excluding carboxylic acids is 1. The number of hydrogen-bond donors (Lipinski definition) is 9. The first-order chi connectivity index (χ1) is 27.8. The number of carbonyl (C=O) groups is 1. The van der Waals surface area contributed by atoms with E-state index in [4.69, 9.17) is 9.05 Å². The molecule has 0 radical (unpaired) electrons. The average molecular weight is 846 g/mol. The van der Waals surface area contributed by atoms with Crippen LogP contribution in [0.1, 0.15) is 162 Å². The summed E-state index contributed by atoms with van der Waals surface area (Å²) < 4.78 is 22.8. The van der Waals surface area contributed by atoms with E-state index < -0.39 is 75.2 Å². The Morgan fingerprint density at radius 2 is 1.02 bits per heavy atom. The van der Waals surface area contributed by atoms with Gasteiger partial charge in [0.1, 0.15) is 36.6 Å². The van der Waals surface area contributed by atoms with E-state index in [1.165, 1.54) is 83.1 Å². The first-order valence-corrected chi connectivity index (χ1v) is 23.7. The fourth-order valence-corrected chi connectivity index (χ4v) is 7.65. The minimum atomic E-state index is -5.15. The van der Waals surface area contributed by atoms with Crippen molar-refractivity contribution in [2.45, 2.75) is 216 Å². The minimum Gasteiger partial charge on any atom is -0.393 e. The van der Waals surface area contributed by atoms with Gasteiger partial charge in [0.2, 0.25) is 5.91 Å². The molecule has 0 saturated heterocycles. The van der Waals surface area contributed by atoms with Gasteiger partial charge in [0.15, 0.2) is 0 Å². The van der Waals surface area contributed by atoms with E-state index in [1.54, 1.807) is 6.08 Å². The Labute approximate surface area is 349 Å². The number of amides is 1. The van der Waals surface area contributed by atoms with Crippen molar-refractivity contribution in [3.05, 3.63) is 48.6 Å². The fourth-order valence-electron chi connectivity index (χ4n) is 6.68. The maximum Gasteiger partial charge on any atom is 0.472 e. The number of rotatable bonds is 35. The average Bonchev–Trinajstić information content (AvgIpc) is 3.19. The topological polar surface area (TPSA) is 226 Å². The summed E-state index contributed by atoms with van der Waals surface area (Å²) >= 11 is 0. The highest BCUT2D eigenvalue weighted by atomic mass is 31.2. The molecule has 0 heterocycles. The van der Waals surface area contributed by atoms with Crippen LogP contribution in [0.15, 0.2) is 48.6 Å². The highest BCUT2D eigenvalue weighted by Gasteiger charge is 2.51. The predicted octanol–water partition coefficient (Wildman–Crippen LogP) is 6.75. The molecule has 58 heavy (non-hydrogen) atoms. The second kappa shape index (κ2) is 33.9. The SMILES string of the molecule is CCCCCCCC/C=C\CCCC(O)CC(=O)NC(COP(=O)(O)OC1C(O)C(O)C(O)C(O)C1O)C(O)/C=C/CC/C=C/CC/C=C/CCCCCCCCC. The van der Waals surface area contributed by atoms with Crippen LogP contribution in [0, 0.1) is 0 Å². The molecule has 8 unspecified atom stereocenters. The number of phosphoric ester groups is 1. The molecule has 1 aliphatic rings. The van der Waals surface area contributed by atoms with Gasteiger partial charge >= 0.3 is 7.82 Å². The molecule has 0 spiro atoms. The third kappa shape index (κ3) is 25.8. The van der Waals surface area contributed by atoms with E-state index in [-0.39, 0.29) is 6.42 Å². The lowest BCUT2D eigenvalue weighted by Gasteiger charge is -2.41. The van der Waals surface area contributed by atoms with Crippen LogP contribution < -0.4 is 5.32 Å². The van der Waals surface area contributed by atoms with Crippen molar-refractivity contribution in [3.8, 4) is 0 Å². The van der Waals surface area contributed by atoms with Gasteiger partial charge in [-0.2, -0.15) is 0 Å². The number of hydrogen-bond acceptors (Lipinski definition) is 11. The Bertz CT molecular complexity index is 1180. The van der Waals surface area contributed by atoms with E-state index >= 15 is 0 Å². The Hall–Kier alpha value is -1.74. The van der Waals surface area contributed by atoms with E-state index in [0.29, 0.717) is 25.7 Å². The van der Waals surface area contributed by atoms with Crippen LogP contribution in [0.5, 0.6) is 0 Å². The molecule has 1 amide bonds. The van der Waals surface area contributed by atoms with Gasteiger partial charge in [-0.1, -0.05) is 133 Å². The summed E-state index contributed by atoms with van der Waals surface area (Å²) in [6, 6.07) is -1.27. The monoisotopic (exact) mass is 846 g/mol. The Kier molecular flexibility index (Phi) is 31.7. The highest BCUT2D eigenvalue weighted by Crippen LogP contribution is 2.47. The quantitative estimate of drug-likeness (QED) is 0.0184. The van der Waals surface area contributed by atoms with Gasteiger partial charge in [-0.25, -0.2) is 4.57 Å². The molecule has 1 saturated carbocycles. The molecule has 0 aliphatic heterocycles. The molecule has 338 valence electrons. The van der Waals surface area contributed by atoms with Crippen molar-refractivity contribution in [2.75, 3.05) is 6.61 Å². The number of aliphatic hydroxyl groups is 7. The zero-order chi connectivity index (χ0) is 43.0. The number of allylic oxidation sites excluding steroid dienone is 7. The summed E-state index contributed by atoms with van der Waals surface area (Å²) in [5.74, 6) is -0.626. The molecular formula is C44H80NO12P. The van der Waals surface area contributed by atoms with Crippen LogP contribution >= 0.6 is 7.82 Å². The highest BCUT2D eigenvalue weighted by molar-refractivity contribution is 7.47. The van der Waals surface area contributed by atoms with Crippen molar-refractivity contribution < 1.29 is 59.0 Å². The van der Waals surface area contributed by atoms with Crippen LogP contribution in [0.4, 0.5) is 0 Å². The van der Waals surface area contributed by atoms with Gasteiger partial charge in [0, 0.05) is 0 Å². The minimum absolute atomic E-state index is 0.278. The third-order valence-corrected chi connectivity index (χ3v) is 11.3. The summed E-state index contributed by atoms with van der Waals surface area (Å²) in [7, 11) is -5.15. The summed E-state index contributed by atoms with van der Waals surface area (Å²) in [4.78, 5) is 23.3. The standard InChI is InChI=1S/C44H80NO12P/c1-3-5-7-9-11-13-15-16-17-18-19-20-22-24-26-28-30-32-37(47)36(34-56-58(54,55)57-44-42(52)40(50)39(49)41(51)43(44)53)45-38(48)33-35(46)31-29-27-25-23-21-14-12-10-8-6-4-2/h17-18,22-25,30,32,35-37,39-44,46-47,49-53H,3-16,19-21,26-29,31,33-34H2,1-2H3,(H,45,48)(H,54,55)/b18-17+,24-22+,25-23-,32-30+.